The molecule has 0 saturated carbocycles. The minimum Gasteiger partial charge on any atom is -0.462 e. The number of phosphoric ester groups is 2. The summed E-state index contributed by atoms with van der Waals surface area (Å²) in [4.78, 5) is 72.8. The van der Waals surface area contributed by atoms with Crippen LogP contribution in [0, 0.1) is 0 Å². The molecule has 0 aliphatic heterocycles. The summed E-state index contributed by atoms with van der Waals surface area (Å²) in [6.45, 7) is 4.96. The highest BCUT2D eigenvalue weighted by Crippen LogP contribution is 2.45. The molecule has 0 aromatic carbocycles. The molecule has 0 amide bonds. The number of allylic oxidation sites excluding steroid dienone is 2. The molecule has 0 aromatic heterocycles. The highest BCUT2D eigenvalue weighted by molar-refractivity contribution is 7.47. The number of esters is 4. The molecule has 3 N–H and O–H groups in total. The van der Waals surface area contributed by atoms with Crippen molar-refractivity contribution in [3.05, 3.63) is 12.2 Å². The van der Waals surface area contributed by atoms with Gasteiger partial charge in [0.05, 0.1) is 26.4 Å². The zero-order valence-corrected chi connectivity index (χ0v) is 62.5. The van der Waals surface area contributed by atoms with Crippen LogP contribution in [0.15, 0.2) is 12.2 Å². The first-order valence-electron chi connectivity index (χ1n) is 38.9. The van der Waals surface area contributed by atoms with Crippen molar-refractivity contribution in [1.29, 1.82) is 0 Å². The van der Waals surface area contributed by atoms with E-state index in [2.05, 4.69) is 39.8 Å². The second-order valence-corrected chi connectivity index (χ2v) is 29.6. The Morgan fingerprint density at radius 3 is 0.734 bits per heavy atom. The van der Waals surface area contributed by atoms with E-state index in [1.165, 1.54) is 199 Å². The fraction of sp³-hybridized carbons (Fsp3) is 0.920. The van der Waals surface area contributed by atoms with Gasteiger partial charge in [-0.3, -0.25) is 37.3 Å². The molecular formula is C75H144O17P2. The molecule has 0 saturated heterocycles. The van der Waals surface area contributed by atoms with Crippen LogP contribution in [0.5, 0.6) is 0 Å². The molecule has 0 radical (unpaired) electrons. The summed E-state index contributed by atoms with van der Waals surface area (Å²) in [5.74, 6) is -2.13. The van der Waals surface area contributed by atoms with Gasteiger partial charge in [0.25, 0.3) is 0 Å². The second-order valence-electron chi connectivity index (χ2n) is 26.7. The van der Waals surface area contributed by atoms with Crippen LogP contribution < -0.4 is 0 Å². The van der Waals surface area contributed by atoms with Gasteiger partial charge in [0.2, 0.25) is 0 Å². The fourth-order valence-electron chi connectivity index (χ4n) is 11.3. The standard InChI is InChI=1S/C75H144O17P2/c1-5-9-13-17-21-25-29-32-34-37-40-43-47-51-55-59-72(77)85-65-70(91-74(79)61-57-53-49-45-39-28-24-20-16-12-8-4)67-89-93(81,82)87-63-69(76)64-88-94(83,84)90-68-71(92-75(80)62-58-54-50-46-42-36-31-27-23-19-15-11-7-3)66-86-73(78)60-56-52-48-44-41-38-35-33-30-26-22-18-14-10-6-2/h32,34,69-71,76H,5-31,33,35-68H2,1-4H3,(H,81,82)(H,83,84)/b34-32-. The minimum atomic E-state index is -4.96. The highest BCUT2D eigenvalue weighted by Gasteiger charge is 2.30. The van der Waals surface area contributed by atoms with E-state index in [1.807, 2.05) is 0 Å². The largest absolute Gasteiger partial charge is 0.472 e. The maximum absolute atomic E-state index is 13.1. The quantitative estimate of drug-likeness (QED) is 0.0169. The van der Waals surface area contributed by atoms with Crippen molar-refractivity contribution < 1.29 is 80.2 Å². The van der Waals surface area contributed by atoms with Crippen molar-refractivity contribution in [1.82, 2.24) is 0 Å². The monoisotopic (exact) mass is 1380 g/mol. The van der Waals surface area contributed by atoms with Crippen molar-refractivity contribution in [3.63, 3.8) is 0 Å². The minimum absolute atomic E-state index is 0.104. The Hall–Kier alpha value is -2.20. The topological polar surface area (TPSA) is 237 Å². The first-order valence-corrected chi connectivity index (χ1v) is 41.9. The molecule has 0 rings (SSSR count). The average molecular weight is 1380 g/mol. The third kappa shape index (κ3) is 68.3. The number of ether oxygens (including phenoxy) is 4. The summed E-state index contributed by atoms with van der Waals surface area (Å²) in [6, 6.07) is 0. The van der Waals surface area contributed by atoms with Gasteiger partial charge in [0, 0.05) is 25.7 Å². The molecule has 0 heterocycles. The Labute approximate surface area is 574 Å². The Morgan fingerprint density at radius 1 is 0.287 bits per heavy atom. The van der Waals surface area contributed by atoms with Gasteiger partial charge in [0.1, 0.15) is 19.3 Å². The van der Waals surface area contributed by atoms with Crippen LogP contribution in [0.3, 0.4) is 0 Å². The van der Waals surface area contributed by atoms with Crippen molar-refractivity contribution in [3.8, 4) is 0 Å². The van der Waals surface area contributed by atoms with Gasteiger partial charge in [-0.15, -0.1) is 0 Å². The van der Waals surface area contributed by atoms with E-state index in [1.54, 1.807) is 0 Å². The van der Waals surface area contributed by atoms with E-state index in [4.69, 9.17) is 37.0 Å². The van der Waals surface area contributed by atoms with Gasteiger partial charge in [0.15, 0.2) is 12.2 Å². The van der Waals surface area contributed by atoms with E-state index >= 15 is 0 Å². The van der Waals surface area contributed by atoms with E-state index in [-0.39, 0.29) is 25.7 Å². The number of unbranched alkanes of at least 4 members (excludes halogenated alkanes) is 47. The Kier molecular flexibility index (Phi) is 67.7. The lowest BCUT2D eigenvalue weighted by Crippen LogP contribution is -2.30. The summed E-state index contributed by atoms with van der Waals surface area (Å²) in [6.07, 6.45) is 60.5. The molecule has 556 valence electrons. The summed E-state index contributed by atoms with van der Waals surface area (Å²) >= 11 is 0. The van der Waals surface area contributed by atoms with E-state index in [0.29, 0.717) is 25.7 Å². The number of aliphatic hydroxyl groups excluding tert-OH is 1. The lowest BCUT2D eigenvalue weighted by atomic mass is 10.0. The first-order chi connectivity index (χ1) is 45.7. The molecule has 0 aromatic rings. The van der Waals surface area contributed by atoms with Gasteiger partial charge in [-0.05, 0) is 51.4 Å². The maximum atomic E-state index is 13.1. The van der Waals surface area contributed by atoms with Crippen LogP contribution in [0.2, 0.25) is 0 Å². The van der Waals surface area contributed by atoms with Crippen molar-refractivity contribution in [2.24, 2.45) is 0 Å². The lowest BCUT2D eigenvalue weighted by molar-refractivity contribution is -0.161. The normalized spacial score (nSPS) is 14.0. The third-order valence-corrected chi connectivity index (χ3v) is 19.2. The van der Waals surface area contributed by atoms with E-state index in [9.17, 15) is 43.2 Å². The Balaban J connectivity index is 5.25. The van der Waals surface area contributed by atoms with Crippen molar-refractivity contribution in [2.75, 3.05) is 39.6 Å². The van der Waals surface area contributed by atoms with Crippen LogP contribution >= 0.6 is 15.6 Å². The average Bonchev–Trinajstić information content (AvgIpc) is 1.35. The molecular weight excluding hydrogens is 1230 g/mol. The molecule has 94 heavy (non-hydrogen) atoms. The lowest BCUT2D eigenvalue weighted by Gasteiger charge is -2.21. The Bertz CT molecular complexity index is 1840. The van der Waals surface area contributed by atoms with Gasteiger partial charge in [-0.1, -0.05) is 322 Å². The van der Waals surface area contributed by atoms with Crippen LogP contribution in [0.1, 0.15) is 387 Å². The molecule has 0 aliphatic rings. The van der Waals surface area contributed by atoms with Crippen LogP contribution in [0.4, 0.5) is 0 Å². The van der Waals surface area contributed by atoms with Crippen LogP contribution in [-0.2, 0) is 65.4 Å². The number of carbonyl (C=O) groups excluding carboxylic acids is 4. The third-order valence-electron chi connectivity index (χ3n) is 17.3. The number of hydrogen-bond acceptors (Lipinski definition) is 15. The number of aliphatic hydroxyl groups is 1. The zero-order chi connectivity index (χ0) is 69.0. The van der Waals surface area contributed by atoms with Gasteiger partial charge in [-0.2, -0.15) is 0 Å². The van der Waals surface area contributed by atoms with E-state index in [0.717, 1.165) is 109 Å². The van der Waals surface area contributed by atoms with Crippen LogP contribution in [-0.4, -0.2) is 96.7 Å². The number of rotatable bonds is 75. The summed E-state index contributed by atoms with van der Waals surface area (Å²) < 4.78 is 68.5. The number of phosphoric acid groups is 2. The molecule has 19 heteroatoms. The maximum Gasteiger partial charge on any atom is 0.472 e. The molecule has 5 unspecified atom stereocenters. The predicted octanol–water partition coefficient (Wildman–Crippen LogP) is 22.0. The molecule has 0 bridgehead atoms. The van der Waals surface area contributed by atoms with Gasteiger partial charge >= 0.3 is 39.5 Å². The number of hydrogen-bond donors (Lipinski definition) is 3. The Morgan fingerprint density at radius 2 is 0.489 bits per heavy atom. The molecule has 5 atom stereocenters. The fourth-order valence-corrected chi connectivity index (χ4v) is 12.9. The SMILES string of the molecule is CCCCCCCC/C=C\CCCCCCCC(=O)OCC(COP(=O)(O)OCC(O)COP(=O)(O)OCC(COC(=O)CCCCCCCCCCCCCCCCC)OC(=O)CCCCCCCCCCCCCCC)OC(=O)CCCCCCCCCCCCC. The highest BCUT2D eigenvalue weighted by atomic mass is 31.2. The molecule has 0 spiro atoms. The molecule has 0 aliphatic carbocycles. The van der Waals surface area contributed by atoms with E-state index < -0.39 is 97.5 Å². The summed E-state index contributed by atoms with van der Waals surface area (Å²) in [5, 5.41) is 10.6. The summed E-state index contributed by atoms with van der Waals surface area (Å²) in [5.41, 5.74) is 0. The van der Waals surface area contributed by atoms with Gasteiger partial charge in [-0.25, -0.2) is 9.13 Å². The second kappa shape index (κ2) is 69.3. The molecule has 17 nitrogen and oxygen atoms in total. The van der Waals surface area contributed by atoms with Crippen LogP contribution in [0.25, 0.3) is 0 Å². The first kappa shape index (κ1) is 91.8. The van der Waals surface area contributed by atoms with Crippen molar-refractivity contribution in [2.45, 2.75) is 406 Å². The smallest absolute Gasteiger partial charge is 0.462 e. The van der Waals surface area contributed by atoms with Crippen molar-refractivity contribution >= 4 is 39.5 Å². The summed E-state index contributed by atoms with van der Waals surface area (Å²) in [7, 11) is -9.91. The molecule has 0 fully saturated rings. The predicted molar refractivity (Wildman–Crippen MR) is 382 cm³/mol. The zero-order valence-electron chi connectivity index (χ0n) is 60.7. The van der Waals surface area contributed by atoms with Gasteiger partial charge < -0.3 is 33.8 Å². The number of carbonyl (C=O) groups is 4.